The highest BCUT2D eigenvalue weighted by Crippen LogP contribution is 2.39. The van der Waals surface area contributed by atoms with Crippen LogP contribution >= 0.6 is 27.5 Å². The Morgan fingerprint density at radius 1 is 1.10 bits per heavy atom. The van der Waals surface area contributed by atoms with Crippen LogP contribution in [0.1, 0.15) is 18.5 Å². The molecule has 1 aliphatic heterocycles. The molecule has 0 aliphatic carbocycles. The summed E-state index contributed by atoms with van der Waals surface area (Å²) in [6.07, 6.45) is 1.98. The van der Waals surface area contributed by atoms with Gasteiger partial charge in [-0.05, 0) is 29.8 Å². The number of nitrogens with zero attached hydrogens (tertiary/aromatic N) is 2. The summed E-state index contributed by atoms with van der Waals surface area (Å²) in [5, 5.41) is 7.27. The Bertz CT molecular complexity index is 639. The molecular weight excluding hydrogens is 336 g/mol. The number of rotatable bonds is 2. The van der Waals surface area contributed by atoms with Crippen LogP contribution in [-0.4, -0.2) is 6.21 Å². The van der Waals surface area contributed by atoms with Gasteiger partial charge < -0.3 is 0 Å². The fourth-order valence-electron chi connectivity index (χ4n) is 2.51. The first kappa shape index (κ1) is 13.7. The molecule has 102 valence electrons. The van der Waals surface area contributed by atoms with Crippen molar-refractivity contribution < 1.29 is 0 Å². The highest BCUT2D eigenvalue weighted by Gasteiger charge is 2.31. The molecule has 0 spiro atoms. The first-order chi connectivity index (χ1) is 9.66. The monoisotopic (exact) mass is 348 g/mol. The fraction of sp³-hybridized carbons (Fsp3) is 0.188. The molecule has 0 fully saturated rings. The van der Waals surface area contributed by atoms with Gasteiger partial charge in [-0.25, -0.2) is 0 Å². The fourth-order valence-corrected chi connectivity index (χ4v) is 2.99. The van der Waals surface area contributed by atoms with E-state index >= 15 is 0 Å². The molecule has 1 heterocycles. The van der Waals surface area contributed by atoms with Crippen LogP contribution in [0.25, 0.3) is 0 Å². The van der Waals surface area contributed by atoms with E-state index < -0.39 is 0 Å². The van der Waals surface area contributed by atoms with E-state index in [0.29, 0.717) is 5.92 Å². The molecule has 2 nitrogen and oxygen atoms in total. The number of benzene rings is 2. The first-order valence-corrected chi connectivity index (χ1v) is 7.67. The van der Waals surface area contributed by atoms with Crippen molar-refractivity contribution in [3.05, 3.63) is 63.6 Å². The Labute approximate surface area is 132 Å². The molecule has 0 saturated heterocycles. The van der Waals surface area contributed by atoms with Gasteiger partial charge in [-0.3, -0.25) is 5.01 Å². The molecule has 0 aromatic heterocycles. The topological polar surface area (TPSA) is 15.6 Å². The summed E-state index contributed by atoms with van der Waals surface area (Å²) < 4.78 is 1.08. The van der Waals surface area contributed by atoms with Gasteiger partial charge in [0.25, 0.3) is 0 Å². The number of hydrazone groups is 1. The highest BCUT2D eigenvalue weighted by molar-refractivity contribution is 9.10. The van der Waals surface area contributed by atoms with Gasteiger partial charge in [0.15, 0.2) is 0 Å². The van der Waals surface area contributed by atoms with Gasteiger partial charge in [-0.15, -0.1) is 0 Å². The van der Waals surface area contributed by atoms with Crippen LogP contribution in [-0.2, 0) is 0 Å². The van der Waals surface area contributed by atoms with E-state index in [2.05, 4.69) is 52.2 Å². The average molecular weight is 350 g/mol. The van der Waals surface area contributed by atoms with E-state index in [9.17, 15) is 0 Å². The number of hydrogen-bond donors (Lipinski definition) is 0. The van der Waals surface area contributed by atoms with Crippen molar-refractivity contribution in [2.45, 2.75) is 13.0 Å². The number of para-hydroxylation sites is 1. The van der Waals surface area contributed by atoms with Crippen molar-refractivity contribution in [2.75, 3.05) is 5.01 Å². The Morgan fingerprint density at radius 2 is 1.80 bits per heavy atom. The molecule has 2 atom stereocenters. The van der Waals surface area contributed by atoms with E-state index in [1.54, 1.807) is 0 Å². The summed E-state index contributed by atoms with van der Waals surface area (Å²) >= 11 is 9.78. The van der Waals surface area contributed by atoms with Crippen molar-refractivity contribution in [3.63, 3.8) is 0 Å². The molecule has 0 saturated carbocycles. The van der Waals surface area contributed by atoms with Crippen LogP contribution in [0.2, 0.25) is 5.02 Å². The van der Waals surface area contributed by atoms with Crippen LogP contribution in [0.15, 0.2) is 58.1 Å². The normalized spacial score (nSPS) is 21.4. The minimum absolute atomic E-state index is 0.183. The van der Waals surface area contributed by atoms with E-state index in [-0.39, 0.29) is 6.04 Å². The van der Waals surface area contributed by atoms with Crippen LogP contribution < -0.4 is 5.01 Å². The molecule has 0 unspecified atom stereocenters. The van der Waals surface area contributed by atoms with E-state index in [4.69, 9.17) is 11.6 Å². The molecule has 1 aliphatic rings. The lowest BCUT2D eigenvalue weighted by atomic mass is 9.96. The van der Waals surface area contributed by atoms with Crippen LogP contribution in [0.4, 0.5) is 5.69 Å². The number of hydrogen-bond acceptors (Lipinski definition) is 2. The van der Waals surface area contributed by atoms with Crippen LogP contribution in [0, 0.1) is 5.92 Å². The maximum atomic E-state index is 6.31. The Morgan fingerprint density at radius 3 is 2.50 bits per heavy atom. The van der Waals surface area contributed by atoms with Crippen molar-refractivity contribution in [2.24, 2.45) is 11.0 Å². The van der Waals surface area contributed by atoms with Gasteiger partial charge in [0, 0.05) is 16.6 Å². The van der Waals surface area contributed by atoms with Gasteiger partial charge in [0.2, 0.25) is 0 Å². The first-order valence-electron chi connectivity index (χ1n) is 6.50. The molecule has 0 N–H and O–H groups in total. The zero-order chi connectivity index (χ0) is 14.1. The van der Waals surface area contributed by atoms with Gasteiger partial charge in [-0.2, -0.15) is 5.10 Å². The zero-order valence-electron chi connectivity index (χ0n) is 11.0. The molecule has 2 aromatic rings. The summed E-state index contributed by atoms with van der Waals surface area (Å²) in [6, 6.07) is 16.4. The van der Waals surface area contributed by atoms with Gasteiger partial charge in [0.05, 0.1) is 16.8 Å². The summed E-state index contributed by atoms with van der Waals surface area (Å²) in [5.74, 6) is 0.340. The maximum absolute atomic E-state index is 6.31. The van der Waals surface area contributed by atoms with Crippen LogP contribution in [0.3, 0.4) is 0 Å². The predicted octanol–water partition coefficient (Wildman–Crippen LogP) is 5.29. The standard InChI is InChI=1S/C16H14BrClN2/c1-11-10-19-20(15-5-3-2-4-14(15)18)16(11)12-6-8-13(17)9-7-12/h2-11,16H,1H3/t11-,16+/m1/s1. The molecule has 2 aromatic carbocycles. The van der Waals surface area contributed by atoms with E-state index in [1.165, 1.54) is 5.56 Å². The summed E-state index contributed by atoms with van der Waals surface area (Å²) in [5.41, 5.74) is 2.18. The van der Waals surface area contributed by atoms with Crippen molar-refractivity contribution in [1.29, 1.82) is 0 Å². The zero-order valence-corrected chi connectivity index (χ0v) is 13.3. The van der Waals surface area contributed by atoms with Crippen molar-refractivity contribution in [3.8, 4) is 0 Å². The van der Waals surface area contributed by atoms with E-state index in [1.807, 2.05) is 35.5 Å². The SMILES string of the molecule is C[C@@H]1C=NN(c2ccccc2Cl)[C@@H]1c1ccc(Br)cc1. The van der Waals surface area contributed by atoms with Gasteiger partial charge in [-0.1, -0.05) is 58.7 Å². The maximum Gasteiger partial charge on any atom is 0.0851 e. The van der Waals surface area contributed by atoms with Crippen molar-refractivity contribution >= 4 is 39.4 Å². The Balaban J connectivity index is 2.00. The summed E-state index contributed by atoms with van der Waals surface area (Å²) in [6.45, 7) is 2.17. The largest absolute Gasteiger partial charge is 0.256 e. The van der Waals surface area contributed by atoms with Gasteiger partial charge >= 0.3 is 0 Å². The third kappa shape index (κ3) is 2.48. The minimum atomic E-state index is 0.183. The Kier molecular flexibility index (Phi) is 3.81. The summed E-state index contributed by atoms with van der Waals surface area (Å²) in [4.78, 5) is 0. The number of halogens is 2. The third-order valence-corrected chi connectivity index (χ3v) is 4.35. The van der Waals surface area contributed by atoms with Crippen LogP contribution in [0.5, 0.6) is 0 Å². The highest BCUT2D eigenvalue weighted by atomic mass is 79.9. The lowest BCUT2D eigenvalue weighted by Crippen LogP contribution is -2.23. The molecule has 4 heteroatoms. The smallest absolute Gasteiger partial charge is 0.0851 e. The lowest BCUT2D eigenvalue weighted by molar-refractivity contribution is 0.592. The van der Waals surface area contributed by atoms with Gasteiger partial charge in [0.1, 0.15) is 0 Å². The molecule has 20 heavy (non-hydrogen) atoms. The second-order valence-corrected chi connectivity index (χ2v) is 6.24. The quantitative estimate of drug-likeness (QED) is 0.719. The lowest BCUT2D eigenvalue weighted by Gasteiger charge is -2.27. The molecule has 3 rings (SSSR count). The average Bonchev–Trinajstić information content (AvgIpc) is 2.82. The third-order valence-electron chi connectivity index (χ3n) is 3.50. The van der Waals surface area contributed by atoms with E-state index in [0.717, 1.165) is 15.2 Å². The summed E-state index contributed by atoms with van der Waals surface area (Å²) in [7, 11) is 0. The predicted molar refractivity (Wildman–Crippen MR) is 88.5 cm³/mol. The molecule has 0 amide bonds. The molecular formula is C16H14BrClN2. The Hall–Kier alpha value is -1.32. The number of anilines is 1. The minimum Gasteiger partial charge on any atom is -0.256 e. The second kappa shape index (κ2) is 5.58. The molecule has 0 radical (unpaired) electrons. The van der Waals surface area contributed by atoms with Crippen molar-refractivity contribution in [1.82, 2.24) is 0 Å². The second-order valence-electron chi connectivity index (χ2n) is 4.92. The molecule has 0 bridgehead atoms.